The van der Waals surface area contributed by atoms with Gasteiger partial charge in [0, 0.05) is 43.5 Å². The molecule has 33 heavy (non-hydrogen) atoms. The summed E-state index contributed by atoms with van der Waals surface area (Å²) in [6, 6.07) is 14.1. The van der Waals surface area contributed by atoms with Gasteiger partial charge in [-0.15, -0.1) is 10.2 Å². The van der Waals surface area contributed by atoms with Crippen molar-refractivity contribution in [1.29, 1.82) is 0 Å². The molecule has 172 valence electrons. The molecule has 1 saturated heterocycles. The Kier molecular flexibility index (Phi) is 6.95. The van der Waals surface area contributed by atoms with Crippen LogP contribution >= 0.6 is 0 Å². The van der Waals surface area contributed by atoms with E-state index in [1.807, 2.05) is 24.3 Å². The molecule has 10 heteroatoms. The number of benzene rings is 1. The lowest BCUT2D eigenvalue weighted by atomic mass is 9.96. The molecule has 0 saturated carbocycles. The van der Waals surface area contributed by atoms with Crippen LogP contribution in [0.1, 0.15) is 18.4 Å². The number of hydrogen-bond donors (Lipinski definition) is 2. The Balaban J connectivity index is 1.23. The number of primary sulfonamides is 1. The van der Waals surface area contributed by atoms with Crippen LogP contribution in [0.15, 0.2) is 65.8 Å². The summed E-state index contributed by atoms with van der Waals surface area (Å²) < 4.78 is 22.6. The van der Waals surface area contributed by atoms with Crippen molar-refractivity contribution in [2.24, 2.45) is 11.1 Å². The molecule has 3 aromatic rings. The predicted octanol–water partition coefficient (Wildman–Crippen LogP) is 1.76. The van der Waals surface area contributed by atoms with Gasteiger partial charge in [-0.25, -0.2) is 13.6 Å². The van der Waals surface area contributed by atoms with Crippen molar-refractivity contribution < 1.29 is 13.2 Å². The van der Waals surface area contributed by atoms with Crippen LogP contribution in [-0.2, 0) is 21.2 Å². The SMILES string of the molecule is NS(=O)(=O)c1ccc(CCNC(=O)C2CCN(c3ccc(-c4ccncc4)nn3)CC2)cc1. The molecular formula is C23H26N6O3S. The summed E-state index contributed by atoms with van der Waals surface area (Å²) in [6.45, 7) is 1.99. The number of aromatic nitrogens is 3. The molecule has 1 aliphatic heterocycles. The Morgan fingerprint density at radius 2 is 1.70 bits per heavy atom. The van der Waals surface area contributed by atoms with Crippen LogP contribution in [-0.4, -0.2) is 49.1 Å². The van der Waals surface area contributed by atoms with Gasteiger partial charge in [0.25, 0.3) is 0 Å². The van der Waals surface area contributed by atoms with Crippen LogP contribution in [0.25, 0.3) is 11.3 Å². The van der Waals surface area contributed by atoms with E-state index in [0.717, 1.165) is 48.6 Å². The highest BCUT2D eigenvalue weighted by atomic mass is 32.2. The maximum absolute atomic E-state index is 12.6. The molecule has 0 radical (unpaired) electrons. The van der Waals surface area contributed by atoms with Crippen LogP contribution in [0.3, 0.4) is 0 Å². The molecule has 1 amide bonds. The number of amides is 1. The number of carbonyl (C=O) groups is 1. The lowest BCUT2D eigenvalue weighted by Gasteiger charge is -2.31. The molecule has 1 aromatic carbocycles. The molecule has 3 heterocycles. The highest BCUT2D eigenvalue weighted by molar-refractivity contribution is 7.89. The molecule has 9 nitrogen and oxygen atoms in total. The van der Waals surface area contributed by atoms with Gasteiger partial charge in [0.2, 0.25) is 15.9 Å². The van der Waals surface area contributed by atoms with E-state index in [4.69, 9.17) is 5.14 Å². The van der Waals surface area contributed by atoms with Crippen LogP contribution in [0.5, 0.6) is 0 Å². The minimum Gasteiger partial charge on any atom is -0.356 e. The molecule has 0 aliphatic carbocycles. The summed E-state index contributed by atoms with van der Waals surface area (Å²) in [4.78, 5) is 18.8. The molecule has 0 unspecified atom stereocenters. The largest absolute Gasteiger partial charge is 0.356 e. The van der Waals surface area contributed by atoms with E-state index in [0.29, 0.717) is 13.0 Å². The first kappa shape index (κ1) is 22.8. The molecule has 3 N–H and O–H groups in total. The second-order valence-electron chi connectivity index (χ2n) is 8.00. The van der Waals surface area contributed by atoms with Crippen molar-refractivity contribution in [1.82, 2.24) is 20.5 Å². The topological polar surface area (TPSA) is 131 Å². The van der Waals surface area contributed by atoms with E-state index in [1.165, 1.54) is 12.1 Å². The van der Waals surface area contributed by atoms with Gasteiger partial charge in [0.15, 0.2) is 5.82 Å². The quantitative estimate of drug-likeness (QED) is 0.542. The Hall–Kier alpha value is -3.37. The van der Waals surface area contributed by atoms with Gasteiger partial charge in [-0.2, -0.15) is 0 Å². The smallest absolute Gasteiger partial charge is 0.238 e. The van der Waals surface area contributed by atoms with Crippen molar-refractivity contribution in [2.75, 3.05) is 24.5 Å². The fraction of sp³-hybridized carbons (Fsp3) is 0.304. The maximum atomic E-state index is 12.6. The molecule has 1 aliphatic rings. The van der Waals surface area contributed by atoms with Gasteiger partial charge < -0.3 is 10.2 Å². The first-order chi connectivity index (χ1) is 15.9. The van der Waals surface area contributed by atoms with Crippen molar-refractivity contribution in [2.45, 2.75) is 24.2 Å². The Labute approximate surface area is 193 Å². The molecule has 1 fully saturated rings. The van der Waals surface area contributed by atoms with Gasteiger partial charge in [0.1, 0.15) is 0 Å². The third-order valence-electron chi connectivity index (χ3n) is 5.78. The molecule has 0 bridgehead atoms. The van der Waals surface area contributed by atoms with E-state index in [9.17, 15) is 13.2 Å². The van der Waals surface area contributed by atoms with E-state index in [1.54, 1.807) is 24.5 Å². The number of nitrogens with one attached hydrogen (secondary N) is 1. The Morgan fingerprint density at radius 1 is 1.00 bits per heavy atom. The standard InChI is InChI=1S/C23H26N6O3S/c24-33(31,32)20-3-1-17(2-4-20)7-14-26-23(30)19-10-15-29(16-11-19)22-6-5-21(27-28-22)18-8-12-25-13-9-18/h1-6,8-9,12-13,19H,7,10-11,14-16H2,(H,26,30)(H2,24,31,32). The van der Waals surface area contributed by atoms with Crippen LogP contribution in [0, 0.1) is 5.92 Å². The van der Waals surface area contributed by atoms with Crippen molar-refractivity contribution in [3.05, 3.63) is 66.5 Å². The summed E-state index contributed by atoms with van der Waals surface area (Å²) >= 11 is 0. The van der Waals surface area contributed by atoms with E-state index >= 15 is 0 Å². The number of anilines is 1. The van der Waals surface area contributed by atoms with E-state index < -0.39 is 10.0 Å². The molecule has 2 aromatic heterocycles. The first-order valence-corrected chi connectivity index (χ1v) is 12.3. The summed E-state index contributed by atoms with van der Waals surface area (Å²) in [5.74, 6) is 0.833. The normalized spacial score (nSPS) is 14.8. The van der Waals surface area contributed by atoms with Gasteiger partial charge in [-0.3, -0.25) is 9.78 Å². The number of piperidine rings is 1. The van der Waals surface area contributed by atoms with Crippen LogP contribution < -0.4 is 15.4 Å². The zero-order valence-electron chi connectivity index (χ0n) is 18.1. The average Bonchev–Trinajstić information content (AvgIpc) is 2.84. The summed E-state index contributed by atoms with van der Waals surface area (Å²) in [5, 5.41) is 16.8. The Bertz CT molecular complexity index is 1180. The number of carbonyl (C=O) groups excluding carboxylic acids is 1. The molecule has 0 atom stereocenters. The van der Waals surface area contributed by atoms with Crippen LogP contribution in [0.4, 0.5) is 5.82 Å². The van der Waals surface area contributed by atoms with Gasteiger partial charge >= 0.3 is 0 Å². The van der Waals surface area contributed by atoms with Crippen molar-refractivity contribution in [3.63, 3.8) is 0 Å². The predicted molar refractivity (Wildman–Crippen MR) is 125 cm³/mol. The second-order valence-corrected chi connectivity index (χ2v) is 9.57. The molecule has 0 spiro atoms. The fourth-order valence-corrected chi connectivity index (χ4v) is 4.38. The molecule has 4 rings (SSSR count). The number of pyridine rings is 1. The van der Waals surface area contributed by atoms with E-state index in [-0.39, 0.29) is 16.7 Å². The van der Waals surface area contributed by atoms with Crippen molar-refractivity contribution >= 4 is 21.7 Å². The maximum Gasteiger partial charge on any atom is 0.238 e. The highest BCUT2D eigenvalue weighted by Crippen LogP contribution is 2.23. The third kappa shape index (κ3) is 5.91. The van der Waals surface area contributed by atoms with Gasteiger partial charge in [-0.1, -0.05) is 12.1 Å². The van der Waals surface area contributed by atoms with Crippen molar-refractivity contribution in [3.8, 4) is 11.3 Å². The minimum atomic E-state index is -3.69. The number of rotatable bonds is 7. The number of nitrogens with zero attached hydrogens (tertiary/aromatic N) is 4. The monoisotopic (exact) mass is 466 g/mol. The Morgan fingerprint density at radius 3 is 2.30 bits per heavy atom. The second kappa shape index (κ2) is 10.1. The lowest BCUT2D eigenvalue weighted by molar-refractivity contribution is -0.125. The van der Waals surface area contributed by atoms with E-state index in [2.05, 4.69) is 25.4 Å². The average molecular weight is 467 g/mol. The molecular weight excluding hydrogens is 440 g/mol. The van der Waals surface area contributed by atoms with Crippen LogP contribution in [0.2, 0.25) is 0 Å². The zero-order valence-corrected chi connectivity index (χ0v) is 18.9. The first-order valence-electron chi connectivity index (χ1n) is 10.8. The van der Waals surface area contributed by atoms with Gasteiger partial charge in [0.05, 0.1) is 10.6 Å². The lowest BCUT2D eigenvalue weighted by Crippen LogP contribution is -2.41. The number of nitrogens with two attached hydrogens (primary N) is 1. The summed E-state index contributed by atoms with van der Waals surface area (Å²) in [7, 11) is -3.69. The third-order valence-corrected chi connectivity index (χ3v) is 6.71. The zero-order chi connectivity index (χ0) is 23.3. The summed E-state index contributed by atoms with van der Waals surface area (Å²) in [5.41, 5.74) is 2.71. The number of sulfonamides is 1. The fourth-order valence-electron chi connectivity index (χ4n) is 3.86. The van der Waals surface area contributed by atoms with Gasteiger partial charge in [-0.05, 0) is 61.2 Å². The summed E-state index contributed by atoms with van der Waals surface area (Å²) in [6.07, 6.45) is 5.58. The highest BCUT2D eigenvalue weighted by Gasteiger charge is 2.25. The minimum absolute atomic E-state index is 0.0324. The number of hydrogen-bond acceptors (Lipinski definition) is 7.